The molecule has 3 heteroatoms. The molecule has 0 bridgehead atoms. The number of hydrogen-bond donors (Lipinski definition) is 1. The number of hydrogen-bond acceptors (Lipinski definition) is 2. The molecule has 1 heterocycles. The lowest BCUT2D eigenvalue weighted by molar-refractivity contribution is 0.336. The van der Waals surface area contributed by atoms with E-state index in [9.17, 15) is 0 Å². The third-order valence-electron chi connectivity index (χ3n) is 2.78. The third-order valence-corrected chi connectivity index (χ3v) is 3.09. The molecular weight excluding hydrogens is 210 g/mol. The number of rotatable bonds is 0. The fraction of sp³-hybridized carbons (Fsp3) is 0.167. The zero-order chi connectivity index (χ0) is 10.4. The van der Waals surface area contributed by atoms with Gasteiger partial charge in [-0.1, -0.05) is 35.9 Å². The molecule has 0 aliphatic carbocycles. The fourth-order valence-corrected chi connectivity index (χ4v) is 2.31. The molecule has 0 amide bonds. The van der Waals surface area contributed by atoms with Crippen LogP contribution in [0, 0.1) is 0 Å². The molecular formula is C12H10ClNO. The second-order valence-corrected chi connectivity index (χ2v) is 4.15. The first-order chi connectivity index (χ1) is 7.27. The summed E-state index contributed by atoms with van der Waals surface area (Å²) in [7, 11) is 0. The maximum atomic E-state index is 6.19. The Morgan fingerprint density at radius 3 is 2.80 bits per heavy atom. The molecule has 0 spiro atoms. The van der Waals surface area contributed by atoms with Crippen molar-refractivity contribution in [3.63, 3.8) is 0 Å². The molecule has 0 radical (unpaired) electrons. The van der Waals surface area contributed by atoms with Crippen LogP contribution < -0.4 is 10.5 Å². The Labute approximate surface area is 92.6 Å². The molecule has 0 saturated heterocycles. The van der Waals surface area contributed by atoms with E-state index in [0.717, 1.165) is 27.1 Å². The van der Waals surface area contributed by atoms with Crippen LogP contribution in [0.15, 0.2) is 30.3 Å². The van der Waals surface area contributed by atoms with Gasteiger partial charge in [0, 0.05) is 21.4 Å². The summed E-state index contributed by atoms with van der Waals surface area (Å²) in [5, 5.41) is 2.81. The van der Waals surface area contributed by atoms with Gasteiger partial charge in [0.1, 0.15) is 12.4 Å². The average Bonchev–Trinajstić information content (AvgIpc) is 2.62. The van der Waals surface area contributed by atoms with Crippen LogP contribution in [0.2, 0.25) is 5.02 Å². The molecule has 1 unspecified atom stereocenters. The van der Waals surface area contributed by atoms with Crippen LogP contribution in [0.5, 0.6) is 5.75 Å². The molecule has 0 fully saturated rings. The molecule has 3 rings (SSSR count). The monoisotopic (exact) mass is 219 g/mol. The Morgan fingerprint density at radius 1 is 1.27 bits per heavy atom. The van der Waals surface area contributed by atoms with E-state index in [1.807, 2.05) is 30.3 Å². The van der Waals surface area contributed by atoms with Crippen LogP contribution in [-0.2, 0) is 0 Å². The number of benzene rings is 2. The molecule has 1 atom stereocenters. The van der Waals surface area contributed by atoms with Gasteiger partial charge in [0.2, 0.25) is 0 Å². The summed E-state index contributed by atoms with van der Waals surface area (Å²) in [6, 6.07) is 9.81. The van der Waals surface area contributed by atoms with Gasteiger partial charge in [-0.2, -0.15) is 0 Å². The highest BCUT2D eigenvalue weighted by Gasteiger charge is 2.23. The van der Waals surface area contributed by atoms with Crippen molar-refractivity contribution in [3.8, 4) is 5.75 Å². The zero-order valence-corrected chi connectivity index (χ0v) is 8.79. The van der Waals surface area contributed by atoms with Crippen LogP contribution in [-0.4, -0.2) is 6.61 Å². The van der Waals surface area contributed by atoms with Crippen molar-refractivity contribution < 1.29 is 4.74 Å². The highest BCUT2D eigenvalue weighted by Crippen LogP contribution is 2.40. The van der Waals surface area contributed by atoms with Crippen molar-refractivity contribution in [2.24, 2.45) is 5.73 Å². The lowest BCUT2D eigenvalue weighted by Crippen LogP contribution is -2.10. The van der Waals surface area contributed by atoms with Crippen LogP contribution in [0.3, 0.4) is 0 Å². The van der Waals surface area contributed by atoms with Gasteiger partial charge in [0.05, 0.1) is 6.04 Å². The van der Waals surface area contributed by atoms with Crippen molar-refractivity contribution >= 4 is 22.4 Å². The van der Waals surface area contributed by atoms with Gasteiger partial charge in [-0.25, -0.2) is 0 Å². The van der Waals surface area contributed by atoms with Gasteiger partial charge in [-0.3, -0.25) is 0 Å². The van der Waals surface area contributed by atoms with Gasteiger partial charge >= 0.3 is 0 Å². The van der Waals surface area contributed by atoms with E-state index in [-0.39, 0.29) is 6.04 Å². The Hall–Kier alpha value is -1.25. The number of nitrogens with two attached hydrogens (primary N) is 1. The smallest absolute Gasteiger partial charge is 0.132 e. The molecule has 2 nitrogen and oxygen atoms in total. The standard InChI is InChI=1S/C12H10ClNO/c13-10-5-9-11(14)6-15-12(9)8-4-2-1-3-7(8)10/h1-5,11H,6,14H2. The first-order valence-electron chi connectivity index (χ1n) is 4.87. The topological polar surface area (TPSA) is 35.2 Å². The Morgan fingerprint density at radius 2 is 2.00 bits per heavy atom. The van der Waals surface area contributed by atoms with E-state index in [1.165, 1.54) is 0 Å². The first kappa shape index (κ1) is 9.01. The summed E-state index contributed by atoms with van der Waals surface area (Å²) in [4.78, 5) is 0. The predicted molar refractivity (Wildman–Crippen MR) is 61.4 cm³/mol. The minimum atomic E-state index is -0.0536. The Kier molecular flexibility index (Phi) is 1.87. The quantitative estimate of drug-likeness (QED) is 0.740. The normalized spacial score (nSPS) is 18.9. The maximum Gasteiger partial charge on any atom is 0.132 e. The van der Waals surface area contributed by atoms with E-state index in [4.69, 9.17) is 22.1 Å². The largest absolute Gasteiger partial charge is 0.491 e. The molecule has 2 aromatic rings. The minimum Gasteiger partial charge on any atom is -0.491 e. The summed E-state index contributed by atoms with van der Waals surface area (Å²) in [5.74, 6) is 0.891. The van der Waals surface area contributed by atoms with Crippen molar-refractivity contribution in [1.29, 1.82) is 0 Å². The summed E-state index contributed by atoms with van der Waals surface area (Å²) in [6.07, 6.45) is 0. The van der Waals surface area contributed by atoms with E-state index in [2.05, 4.69) is 0 Å². The maximum absolute atomic E-state index is 6.19. The molecule has 2 N–H and O–H groups in total. The average molecular weight is 220 g/mol. The SMILES string of the molecule is NC1COc2c1cc(Cl)c1ccccc21. The van der Waals surface area contributed by atoms with E-state index in [1.54, 1.807) is 0 Å². The fourth-order valence-electron chi connectivity index (χ4n) is 2.02. The molecule has 0 aromatic heterocycles. The van der Waals surface area contributed by atoms with E-state index in [0.29, 0.717) is 6.61 Å². The Balaban J connectivity index is 2.43. The molecule has 2 aromatic carbocycles. The molecule has 1 aliphatic heterocycles. The third kappa shape index (κ3) is 1.22. The summed E-state index contributed by atoms with van der Waals surface area (Å²) in [6.45, 7) is 0.541. The highest BCUT2D eigenvalue weighted by atomic mass is 35.5. The Bertz CT molecular complexity index is 538. The second-order valence-electron chi connectivity index (χ2n) is 3.74. The first-order valence-corrected chi connectivity index (χ1v) is 5.24. The van der Waals surface area contributed by atoms with Gasteiger partial charge in [0.25, 0.3) is 0 Å². The van der Waals surface area contributed by atoms with Gasteiger partial charge < -0.3 is 10.5 Å². The molecule has 76 valence electrons. The number of halogens is 1. The predicted octanol–water partition coefficient (Wildman–Crippen LogP) is 2.89. The van der Waals surface area contributed by atoms with Crippen molar-refractivity contribution in [1.82, 2.24) is 0 Å². The zero-order valence-electron chi connectivity index (χ0n) is 8.03. The summed E-state index contributed by atoms with van der Waals surface area (Å²) >= 11 is 6.19. The van der Waals surface area contributed by atoms with Crippen molar-refractivity contribution in [2.45, 2.75) is 6.04 Å². The van der Waals surface area contributed by atoms with Gasteiger partial charge in [0.15, 0.2) is 0 Å². The molecule has 0 saturated carbocycles. The van der Waals surface area contributed by atoms with Gasteiger partial charge in [-0.05, 0) is 6.07 Å². The number of ether oxygens (including phenoxy) is 1. The van der Waals surface area contributed by atoms with Crippen molar-refractivity contribution in [2.75, 3.05) is 6.61 Å². The van der Waals surface area contributed by atoms with Crippen LogP contribution in [0.25, 0.3) is 10.8 Å². The van der Waals surface area contributed by atoms with Crippen LogP contribution in [0.4, 0.5) is 0 Å². The van der Waals surface area contributed by atoms with Gasteiger partial charge in [-0.15, -0.1) is 0 Å². The van der Waals surface area contributed by atoms with E-state index >= 15 is 0 Å². The van der Waals surface area contributed by atoms with Crippen LogP contribution >= 0.6 is 11.6 Å². The van der Waals surface area contributed by atoms with Crippen LogP contribution in [0.1, 0.15) is 11.6 Å². The lowest BCUT2D eigenvalue weighted by Gasteiger charge is -2.07. The summed E-state index contributed by atoms with van der Waals surface area (Å²) < 4.78 is 5.60. The van der Waals surface area contributed by atoms with Crippen molar-refractivity contribution in [3.05, 3.63) is 40.9 Å². The minimum absolute atomic E-state index is 0.0536. The number of fused-ring (bicyclic) bond motifs is 3. The second kappa shape index (κ2) is 3.12. The molecule has 15 heavy (non-hydrogen) atoms. The lowest BCUT2D eigenvalue weighted by atomic mass is 10.0. The summed E-state index contributed by atoms with van der Waals surface area (Å²) in [5.41, 5.74) is 6.94. The van der Waals surface area contributed by atoms with E-state index < -0.39 is 0 Å². The molecule has 1 aliphatic rings. The highest BCUT2D eigenvalue weighted by molar-refractivity contribution is 6.36.